The van der Waals surface area contributed by atoms with Crippen molar-refractivity contribution in [3.05, 3.63) is 52.0 Å². The lowest BCUT2D eigenvalue weighted by atomic mass is 10.00. The van der Waals surface area contributed by atoms with E-state index in [2.05, 4.69) is 5.32 Å². The summed E-state index contributed by atoms with van der Waals surface area (Å²) in [7, 11) is 0. The van der Waals surface area contributed by atoms with Gasteiger partial charge in [0.05, 0.1) is 6.04 Å². The van der Waals surface area contributed by atoms with Crippen molar-refractivity contribution in [2.75, 3.05) is 26.2 Å². The van der Waals surface area contributed by atoms with E-state index < -0.39 is 5.54 Å². The second kappa shape index (κ2) is 10.3. The zero-order valence-corrected chi connectivity index (χ0v) is 20.0. The summed E-state index contributed by atoms with van der Waals surface area (Å²) in [4.78, 5) is 30.8. The van der Waals surface area contributed by atoms with Crippen molar-refractivity contribution >= 4 is 23.3 Å². The predicted octanol–water partition coefficient (Wildman–Crippen LogP) is 4.61. The van der Waals surface area contributed by atoms with E-state index in [4.69, 9.17) is 4.74 Å². The Kier molecular flexibility index (Phi) is 7.77. The third kappa shape index (κ3) is 5.79. The fraction of sp³-hybridized carbons (Fsp3) is 0.500. The minimum absolute atomic E-state index is 0.0189. The standard InChI is InChI=1S/C24H32FN3O3S/c1-5-11-26-23(30)28(24(2,3)4)15-22(29)27-12-9-21-19(10-13-32-21)20(27)16-31-18-8-6-7-17(25)14-18/h6-8,10,13-14,20H,5,9,11-12,15-16H2,1-4H3,(H,26,30)/t20-/m1/s1. The van der Waals surface area contributed by atoms with Gasteiger partial charge in [0.2, 0.25) is 5.91 Å². The molecular formula is C24H32FN3O3S. The quantitative estimate of drug-likeness (QED) is 0.655. The number of rotatable bonds is 7. The van der Waals surface area contributed by atoms with E-state index in [1.54, 1.807) is 33.3 Å². The molecule has 0 radical (unpaired) electrons. The van der Waals surface area contributed by atoms with Crippen LogP contribution in [0.15, 0.2) is 35.7 Å². The minimum atomic E-state index is -0.510. The van der Waals surface area contributed by atoms with Crippen LogP contribution >= 0.6 is 11.3 Å². The second-order valence-corrected chi connectivity index (χ2v) is 9.91. The van der Waals surface area contributed by atoms with Crippen LogP contribution in [0.3, 0.4) is 0 Å². The highest BCUT2D eigenvalue weighted by molar-refractivity contribution is 7.10. The Balaban J connectivity index is 1.78. The molecule has 0 unspecified atom stereocenters. The lowest BCUT2D eigenvalue weighted by Crippen LogP contribution is -2.55. The Morgan fingerprint density at radius 1 is 1.31 bits per heavy atom. The molecule has 0 aliphatic carbocycles. The van der Waals surface area contributed by atoms with Crippen LogP contribution in [-0.2, 0) is 11.2 Å². The monoisotopic (exact) mass is 461 g/mol. The first-order valence-electron chi connectivity index (χ1n) is 11.0. The van der Waals surface area contributed by atoms with E-state index >= 15 is 0 Å². The van der Waals surface area contributed by atoms with Gasteiger partial charge in [-0.25, -0.2) is 9.18 Å². The molecule has 32 heavy (non-hydrogen) atoms. The molecule has 6 nitrogen and oxygen atoms in total. The number of fused-ring (bicyclic) bond motifs is 1. The van der Waals surface area contributed by atoms with Crippen molar-refractivity contribution in [1.82, 2.24) is 15.1 Å². The van der Waals surface area contributed by atoms with Crippen molar-refractivity contribution < 1.29 is 18.7 Å². The fourth-order valence-electron chi connectivity index (χ4n) is 3.77. The van der Waals surface area contributed by atoms with Gasteiger partial charge < -0.3 is 19.9 Å². The van der Waals surface area contributed by atoms with E-state index in [0.717, 1.165) is 18.4 Å². The normalized spacial score (nSPS) is 15.8. The molecule has 2 aromatic rings. The van der Waals surface area contributed by atoms with Crippen molar-refractivity contribution in [1.29, 1.82) is 0 Å². The van der Waals surface area contributed by atoms with Crippen molar-refractivity contribution in [2.45, 2.75) is 52.1 Å². The molecular weight excluding hydrogens is 429 g/mol. The SMILES string of the molecule is CCCNC(=O)N(CC(=O)N1CCc2sccc2[C@H]1COc1cccc(F)c1)C(C)(C)C. The van der Waals surface area contributed by atoms with E-state index in [-0.39, 0.29) is 36.9 Å². The van der Waals surface area contributed by atoms with Crippen LogP contribution in [0.2, 0.25) is 0 Å². The summed E-state index contributed by atoms with van der Waals surface area (Å²) in [6.07, 6.45) is 1.59. The third-order valence-electron chi connectivity index (χ3n) is 5.49. The molecule has 1 aliphatic rings. The fourth-order valence-corrected chi connectivity index (χ4v) is 4.70. The summed E-state index contributed by atoms with van der Waals surface area (Å²) in [5.74, 6) is -0.0690. The summed E-state index contributed by atoms with van der Waals surface area (Å²) in [5, 5.41) is 4.90. The molecule has 174 valence electrons. The molecule has 1 aromatic heterocycles. The lowest BCUT2D eigenvalue weighted by molar-refractivity contribution is -0.136. The van der Waals surface area contributed by atoms with Gasteiger partial charge in [-0.2, -0.15) is 0 Å². The zero-order chi connectivity index (χ0) is 23.3. The number of carbonyl (C=O) groups excluding carboxylic acids is 2. The first-order chi connectivity index (χ1) is 15.2. The molecule has 1 aromatic carbocycles. The lowest BCUT2D eigenvalue weighted by Gasteiger charge is -2.40. The van der Waals surface area contributed by atoms with Crippen molar-refractivity contribution in [3.8, 4) is 5.75 Å². The number of halogens is 1. The molecule has 0 saturated heterocycles. The summed E-state index contributed by atoms with van der Waals surface area (Å²) in [6.45, 7) is 9.06. The number of hydrogen-bond acceptors (Lipinski definition) is 4. The van der Waals surface area contributed by atoms with E-state index in [9.17, 15) is 14.0 Å². The molecule has 3 rings (SSSR count). The molecule has 0 fully saturated rings. The number of carbonyl (C=O) groups is 2. The zero-order valence-electron chi connectivity index (χ0n) is 19.2. The number of amides is 3. The molecule has 2 heterocycles. The predicted molar refractivity (Wildman–Crippen MR) is 125 cm³/mol. The van der Waals surface area contributed by atoms with Crippen LogP contribution in [-0.4, -0.2) is 53.5 Å². The van der Waals surface area contributed by atoms with Crippen LogP contribution in [0.5, 0.6) is 5.75 Å². The highest BCUT2D eigenvalue weighted by atomic mass is 32.1. The van der Waals surface area contributed by atoms with Crippen LogP contribution in [0.25, 0.3) is 0 Å². The largest absolute Gasteiger partial charge is 0.491 e. The molecule has 1 aliphatic heterocycles. The van der Waals surface area contributed by atoms with E-state index in [1.807, 2.05) is 39.1 Å². The molecule has 3 amide bonds. The van der Waals surface area contributed by atoms with E-state index in [0.29, 0.717) is 18.8 Å². The Bertz CT molecular complexity index is 941. The average molecular weight is 462 g/mol. The number of urea groups is 1. The average Bonchev–Trinajstić information content (AvgIpc) is 3.22. The molecule has 1 atom stereocenters. The van der Waals surface area contributed by atoms with Gasteiger partial charge in [-0.15, -0.1) is 11.3 Å². The van der Waals surface area contributed by atoms with Crippen molar-refractivity contribution in [3.63, 3.8) is 0 Å². The maximum atomic E-state index is 13.6. The Labute approximate surface area is 193 Å². The Hall–Kier alpha value is -2.61. The highest BCUT2D eigenvalue weighted by Gasteiger charge is 2.35. The topological polar surface area (TPSA) is 61.9 Å². The first-order valence-corrected chi connectivity index (χ1v) is 11.9. The number of thiophene rings is 1. The number of ether oxygens (including phenoxy) is 1. The maximum Gasteiger partial charge on any atom is 0.318 e. The Morgan fingerprint density at radius 2 is 2.09 bits per heavy atom. The number of benzene rings is 1. The van der Waals surface area contributed by atoms with Crippen LogP contribution in [0, 0.1) is 5.82 Å². The first kappa shape index (κ1) is 24.0. The Morgan fingerprint density at radius 3 is 2.78 bits per heavy atom. The van der Waals surface area contributed by atoms with Gasteiger partial charge in [0.1, 0.15) is 24.7 Å². The maximum absolute atomic E-state index is 13.6. The second-order valence-electron chi connectivity index (χ2n) is 8.91. The van der Waals surface area contributed by atoms with Gasteiger partial charge >= 0.3 is 6.03 Å². The van der Waals surface area contributed by atoms with Gasteiger partial charge in [-0.3, -0.25) is 4.79 Å². The van der Waals surface area contributed by atoms with Gasteiger partial charge in [0, 0.05) is 29.6 Å². The molecule has 0 spiro atoms. The van der Waals surface area contributed by atoms with Crippen LogP contribution in [0.1, 0.15) is 50.6 Å². The number of nitrogens with one attached hydrogen (secondary N) is 1. The summed E-state index contributed by atoms with van der Waals surface area (Å²) < 4.78 is 19.4. The van der Waals surface area contributed by atoms with E-state index in [1.165, 1.54) is 17.0 Å². The molecule has 8 heteroatoms. The van der Waals surface area contributed by atoms with Crippen LogP contribution in [0.4, 0.5) is 9.18 Å². The highest BCUT2D eigenvalue weighted by Crippen LogP contribution is 2.34. The van der Waals surface area contributed by atoms with Gasteiger partial charge in [-0.1, -0.05) is 13.0 Å². The summed E-state index contributed by atoms with van der Waals surface area (Å²) >= 11 is 1.67. The van der Waals surface area contributed by atoms with Gasteiger partial charge in [0.25, 0.3) is 0 Å². The summed E-state index contributed by atoms with van der Waals surface area (Å²) in [6, 6.07) is 7.49. The van der Waals surface area contributed by atoms with Gasteiger partial charge in [0.15, 0.2) is 0 Å². The van der Waals surface area contributed by atoms with Crippen LogP contribution < -0.4 is 10.1 Å². The molecule has 1 N–H and O–H groups in total. The van der Waals surface area contributed by atoms with Crippen molar-refractivity contribution in [2.24, 2.45) is 0 Å². The number of nitrogens with zero attached hydrogens (tertiary/aromatic N) is 2. The molecule has 0 saturated carbocycles. The minimum Gasteiger partial charge on any atom is -0.491 e. The van der Waals surface area contributed by atoms with Gasteiger partial charge in [-0.05, 0) is 62.8 Å². The molecule has 0 bridgehead atoms. The number of hydrogen-bond donors (Lipinski definition) is 1. The summed E-state index contributed by atoms with van der Waals surface area (Å²) in [5.41, 5.74) is 0.549. The smallest absolute Gasteiger partial charge is 0.318 e. The third-order valence-corrected chi connectivity index (χ3v) is 6.49.